The van der Waals surface area contributed by atoms with Crippen molar-refractivity contribution in [3.63, 3.8) is 0 Å². The van der Waals surface area contributed by atoms with Crippen LogP contribution in [0.25, 0.3) is 0 Å². The third-order valence-corrected chi connectivity index (χ3v) is 5.53. The fourth-order valence-corrected chi connectivity index (χ4v) is 3.94. The number of carbonyl (C=O) groups excluding carboxylic acids is 1. The highest BCUT2D eigenvalue weighted by Crippen LogP contribution is 2.18. The normalized spacial score (nSPS) is 16.1. The highest BCUT2D eigenvalue weighted by Gasteiger charge is 2.30. The first-order valence-corrected chi connectivity index (χ1v) is 9.59. The number of rotatable bonds is 4. The summed E-state index contributed by atoms with van der Waals surface area (Å²) in [7, 11) is -0.878. The predicted molar refractivity (Wildman–Crippen MR) is 107 cm³/mol. The van der Waals surface area contributed by atoms with Crippen LogP contribution in [0.15, 0.2) is 42.5 Å². The number of hydrogen-bond donors (Lipinski definition) is 1. The summed E-state index contributed by atoms with van der Waals surface area (Å²) in [5, 5.41) is 18.9. The summed E-state index contributed by atoms with van der Waals surface area (Å²) in [4.78, 5) is 16.8. The summed E-state index contributed by atoms with van der Waals surface area (Å²) in [5.74, 6) is 0.144. The van der Waals surface area contributed by atoms with E-state index in [0.717, 1.165) is 35.4 Å². The SMILES string of the molecule is N#Cc1ccc(N2CCN(C(=O)CCc3cccc4c3B(O)OC4)CC2)cc1. The molecule has 2 aliphatic heterocycles. The molecule has 2 aliphatic rings. The Morgan fingerprint density at radius 2 is 1.89 bits per heavy atom. The second-order valence-corrected chi connectivity index (χ2v) is 7.18. The Bertz CT molecular complexity index is 902. The van der Waals surface area contributed by atoms with Gasteiger partial charge in [0.15, 0.2) is 0 Å². The van der Waals surface area contributed by atoms with E-state index < -0.39 is 7.12 Å². The van der Waals surface area contributed by atoms with Gasteiger partial charge >= 0.3 is 7.12 Å². The molecule has 1 saturated heterocycles. The van der Waals surface area contributed by atoms with Gasteiger partial charge in [-0.3, -0.25) is 4.79 Å². The van der Waals surface area contributed by atoms with Crippen LogP contribution in [0.2, 0.25) is 0 Å². The number of amides is 1. The topological polar surface area (TPSA) is 76.8 Å². The van der Waals surface area contributed by atoms with Crippen molar-refractivity contribution in [3.05, 3.63) is 59.2 Å². The number of hydrogen-bond acceptors (Lipinski definition) is 5. The van der Waals surface area contributed by atoms with Crippen LogP contribution in [0, 0.1) is 11.3 Å². The minimum Gasteiger partial charge on any atom is -0.423 e. The van der Waals surface area contributed by atoms with Gasteiger partial charge in [-0.2, -0.15) is 5.26 Å². The number of nitrogens with zero attached hydrogens (tertiary/aromatic N) is 3. The fraction of sp³-hybridized carbons (Fsp3) is 0.333. The quantitative estimate of drug-likeness (QED) is 0.809. The summed E-state index contributed by atoms with van der Waals surface area (Å²) < 4.78 is 5.29. The average Bonchev–Trinajstić information content (AvgIpc) is 3.14. The molecule has 2 aromatic rings. The van der Waals surface area contributed by atoms with Gasteiger partial charge in [0, 0.05) is 38.3 Å². The molecule has 142 valence electrons. The van der Waals surface area contributed by atoms with Gasteiger partial charge in [-0.15, -0.1) is 0 Å². The van der Waals surface area contributed by atoms with Gasteiger partial charge in [-0.25, -0.2) is 0 Å². The monoisotopic (exact) mass is 375 g/mol. The van der Waals surface area contributed by atoms with E-state index in [1.807, 2.05) is 47.4 Å². The Hall–Kier alpha value is -2.82. The van der Waals surface area contributed by atoms with Crippen molar-refractivity contribution in [3.8, 4) is 6.07 Å². The molecule has 0 aromatic heterocycles. The lowest BCUT2D eigenvalue weighted by molar-refractivity contribution is -0.131. The zero-order valence-electron chi connectivity index (χ0n) is 15.7. The van der Waals surface area contributed by atoms with Crippen LogP contribution in [0.3, 0.4) is 0 Å². The Morgan fingerprint density at radius 1 is 1.14 bits per heavy atom. The second-order valence-electron chi connectivity index (χ2n) is 7.18. The van der Waals surface area contributed by atoms with Crippen LogP contribution in [-0.2, 0) is 22.5 Å². The summed E-state index contributed by atoms with van der Waals surface area (Å²) in [5.41, 5.74) is 4.57. The molecule has 2 aromatic carbocycles. The Balaban J connectivity index is 1.31. The van der Waals surface area contributed by atoms with E-state index in [0.29, 0.717) is 38.1 Å². The van der Waals surface area contributed by atoms with E-state index in [4.69, 9.17) is 9.92 Å². The third-order valence-electron chi connectivity index (χ3n) is 5.53. The van der Waals surface area contributed by atoms with Crippen LogP contribution in [0.5, 0.6) is 0 Å². The van der Waals surface area contributed by atoms with Crippen molar-refractivity contribution in [1.82, 2.24) is 4.90 Å². The molecule has 0 spiro atoms. The first kappa shape index (κ1) is 18.5. The maximum atomic E-state index is 12.7. The molecule has 2 heterocycles. The molecule has 6 nitrogen and oxygen atoms in total. The lowest BCUT2D eigenvalue weighted by Crippen LogP contribution is -2.49. The third kappa shape index (κ3) is 3.75. The van der Waals surface area contributed by atoms with Crippen molar-refractivity contribution in [2.45, 2.75) is 19.4 Å². The number of benzene rings is 2. The molecule has 1 N–H and O–H groups in total. The second kappa shape index (κ2) is 8.05. The minimum absolute atomic E-state index is 0.144. The molecule has 0 atom stereocenters. The van der Waals surface area contributed by atoms with Crippen LogP contribution in [0.4, 0.5) is 5.69 Å². The number of nitriles is 1. The first-order valence-electron chi connectivity index (χ1n) is 9.59. The van der Waals surface area contributed by atoms with Crippen LogP contribution < -0.4 is 10.4 Å². The molecule has 1 amide bonds. The largest absolute Gasteiger partial charge is 0.492 e. The molecule has 0 saturated carbocycles. The molecule has 4 rings (SSSR count). The van der Waals surface area contributed by atoms with E-state index in [2.05, 4.69) is 11.0 Å². The Labute approximate surface area is 165 Å². The first-order chi connectivity index (χ1) is 13.7. The van der Waals surface area contributed by atoms with Gasteiger partial charge in [-0.1, -0.05) is 18.2 Å². The van der Waals surface area contributed by atoms with E-state index in [1.165, 1.54) is 0 Å². The maximum absolute atomic E-state index is 12.7. The average molecular weight is 375 g/mol. The van der Waals surface area contributed by atoms with Crippen LogP contribution >= 0.6 is 0 Å². The lowest BCUT2D eigenvalue weighted by Gasteiger charge is -2.36. The number of anilines is 1. The Morgan fingerprint density at radius 3 is 2.61 bits per heavy atom. The molecule has 0 radical (unpaired) electrons. The van der Waals surface area contributed by atoms with Crippen molar-refractivity contribution in [1.29, 1.82) is 5.26 Å². The summed E-state index contributed by atoms with van der Waals surface area (Å²) in [6.07, 6.45) is 1.04. The highest BCUT2D eigenvalue weighted by atomic mass is 16.5. The van der Waals surface area contributed by atoms with E-state index in [1.54, 1.807) is 0 Å². The fourth-order valence-electron chi connectivity index (χ4n) is 3.94. The van der Waals surface area contributed by atoms with Crippen LogP contribution in [-0.4, -0.2) is 49.1 Å². The maximum Gasteiger partial charge on any atom is 0.492 e. The molecule has 0 unspecified atom stereocenters. The zero-order valence-corrected chi connectivity index (χ0v) is 15.7. The zero-order chi connectivity index (χ0) is 19.5. The standard InChI is InChI=1S/C21H22BN3O3/c23-14-16-4-7-19(8-5-16)24-10-12-25(13-11-24)20(26)9-6-17-2-1-3-18-15-28-22(27)21(17)18/h1-5,7-8,27H,6,9-13,15H2. The minimum atomic E-state index is -0.878. The molecule has 0 bridgehead atoms. The summed E-state index contributed by atoms with van der Waals surface area (Å²) in [6.45, 7) is 3.38. The lowest BCUT2D eigenvalue weighted by atomic mass is 9.75. The van der Waals surface area contributed by atoms with Crippen molar-refractivity contribution in [2.75, 3.05) is 31.1 Å². The molecular weight excluding hydrogens is 353 g/mol. The van der Waals surface area contributed by atoms with Crippen molar-refractivity contribution >= 4 is 24.2 Å². The smallest absolute Gasteiger partial charge is 0.423 e. The van der Waals surface area contributed by atoms with Gasteiger partial charge in [-0.05, 0) is 47.3 Å². The predicted octanol–water partition coefficient (Wildman–Crippen LogP) is 1.06. The van der Waals surface area contributed by atoms with Gasteiger partial charge in [0.05, 0.1) is 18.2 Å². The van der Waals surface area contributed by atoms with Gasteiger partial charge in [0.25, 0.3) is 0 Å². The van der Waals surface area contributed by atoms with E-state index in [-0.39, 0.29) is 5.91 Å². The van der Waals surface area contributed by atoms with Crippen LogP contribution in [0.1, 0.15) is 23.1 Å². The molecule has 28 heavy (non-hydrogen) atoms. The van der Waals surface area contributed by atoms with Crippen molar-refractivity contribution in [2.24, 2.45) is 0 Å². The molecule has 0 aliphatic carbocycles. The summed E-state index contributed by atoms with van der Waals surface area (Å²) >= 11 is 0. The van der Waals surface area contributed by atoms with E-state index in [9.17, 15) is 9.82 Å². The molecule has 1 fully saturated rings. The van der Waals surface area contributed by atoms with Gasteiger partial charge < -0.3 is 19.5 Å². The Kier molecular flexibility index (Phi) is 5.33. The number of aryl methyl sites for hydroxylation is 1. The number of carbonyl (C=O) groups is 1. The molecular formula is C21H22BN3O3. The number of piperazine rings is 1. The number of fused-ring (bicyclic) bond motifs is 1. The van der Waals surface area contributed by atoms with Gasteiger partial charge in [0.1, 0.15) is 0 Å². The highest BCUT2D eigenvalue weighted by molar-refractivity contribution is 6.62. The van der Waals surface area contributed by atoms with Gasteiger partial charge in [0.2, 0.25) is 5.91 Å². The van der Waals surface area contributed by atoms with E-state index >= 15 is 0 Å². The summed E-state index contributed by atoms with van der Waals surface area (Å²) in [6, 6.07) is 15.6. The molecule has 7 heteroatoms. The van der Waals surface area contributed by atoms with Crippen molar-refractivity contribution < 1.29 is 14.5 Å².